The number of imidazole rings is 1. The van der Waals surface area contributed by atoms with Crippen molar-refractivity contribution >= 4 is 22.9 Å². The number of aliphatic hydroxyl groups is 1. The Kier molecular flexibility index (Phi) is 7.55. The maximum atomic E-state index is 11.7. The highest BCUT2D eigenvalue weighted by Gasteiger charge is 2.29. The molecule has 0 amide bonds. The molecule has 2 aliphatic carbocycles. The number of hydrogen-bond donors (Lipinski definition) is 4. The summed E-state index contributed by atoms with van der Waals surface area (Å²) in [7, 11) is 0. The van der Waals surface area contributed by atoms with Gasteiger partial charge in [-0.1, -0.05) is 61.7 Å². The molecule has 4 aromatic rings. The summed E-state index contributed by atoms with van der Waals surface area (Å²) in [6, 6.07) is 9.75. The second-order valence-electron chi connectivity index (χ2n) is 11.6. The number of benzene rings is 1. The first-order chi connectivity index (χ1) is 19.5. The molecule has 6 rings (SSSR count). The summed E-state index contributed by atoms with van der Waals surface area (Å²) in [6.07, 6.45) is 8.36. The number of aliphatic hydroxyl groups excluding tert-OH is 1. The van der Waals surface area contributed by atoms with Gasteiger partial charge in [0.2, 0.25) is 17.6 Å². The van der Waals surface area contributed by atoms with Crippen molar-refractivity contribution in [3.63, 3.8) is 0 Å². The zero-order chi connectivity index (χ0) is 27.6. The van der Waals surface area contributed by atoms with Gasteiger partial charge >= 0.3 is 5.76 Å². The Morgan fingerprint density at radius 3 is 2.50 bits per heavy atom. The number of hydrogen-bond acceptors (Lipinski definition) is 9. The van der Waals surface area contributed by atoms with Gasteiger partial charge in [-0.15, -0.1) is 0 Å². The van der Waals surface area contributed by atoms with Crippen LogP contribution in [0.4, 0.5) is 11.8 Å². The lowest BCUT2D eigenvalue weighted by Gasteiger charge is -2.32. The molecule has 0 saturated heterocycles. The van der Waals surface area contributed by atoms with Crippen molar-refractivity contribution < 1.29 is 9.63 Å². The molecular weight excluding hydrogens is 508 g/mol. The third-order valence-corrected chi connectivity index (χ3v) is 8.74. The molecule has 3 aromatic heterocycles. The van der Waals surface area contributed by atoms with Crippen molar-refractivity contribution in [3.05, 3.63) is 46.4 Å². The van der Waals surface area contributed by atoms with Crippen LogP contribution in [-0.4, -0.2) is 47.4 Å². The summed E-state index contributed by atoms with van der Waals surface area (Å²) in [5.74, 6) is 2.86. The molecule has 1 unspecified atom stereocenters. The summed E-state index contributed by atoms with van der Waals surface area (Å²) in [6.45, 7) is 5.20. The number of nitrogens with zero attached hydrogens (tertiary/aromatic N) is 5. The Morgan fingerprint density at radius 2 is 1.85 bits per heavy atom. The largest absolute Gasteiger partial charge is 0.439 e. The summed E-state index contributed by atoms with van der Waals surface area (Å²) in [5, 5.41) is 21.3. The molecule has 2 atom stereocenters. The second kappa shape index (κ2) is 11.4. The fourth-order valence-corrected chi connectivity index (χ4v) is 5.98. The number of rotatable bonds is 10. The van der Waals surface area contributed by atoms with Gasteiger partial charge in [0.25, 0.3) is 0 Å². The zero-order valence-electron chi connectivity index (χ0n) is 23.1. The van der Waals surface area contributed by atoms with Gasteiger partial charge in [0, 0.05) is 12.6 Å². The number of fused-ring (bicyclic) bond motifs is 1. The summed E-state index contributed by atoms with van der Waals surface area (Å²) in [4.78, 5) is 28.8. The minimum Gasteiger partial charge on any atom is -0.394 e. The Hall–Kier alpha value is -3.73. The Bertz CT molecular complexity index is 1480. The summed E-state index contributed by atoms with van der Waals surface area (Å²) < 4.78 is 6.93. The molecule has 4 N–H and O–H groups in total. The highest BCUT2D eigenvalue weighted by Crippen LogP contribution is 2.36. The molecule has 2 fully saturated rings. The van der Waals surface area contributed by atoms with E-state index >= 15 is 0 Å². The summed E-state index contributed by atoms with van der Waals surface area (Å²) in [5.41, 5.74) is 2.28. The van der Waals surface area contributed by atoms with E-state index in [-0.39, 0.29) is 30.3 Å². The molecule has 0 bridgehead atoms. The van der Waals surface area contributed by atoms with Gasteiger partial charge in [-0.25, -0.2) is 14.8 Å². The van der Waals surface area contributed by atoms with E-state index in [1.165, 1.54) is 32.1 Å². The van der Waals surface area contributed by atoms with E-state index in [4.69, 9.17) is 19.5 Å². The van der Waals surface area contributed by atoms with Crippen LogP contribution in [0.2, 0.25) is 0 Å². The van der Waals surface area contributed by atoms with E-state index in [0.29, 0.717) is 29.2 Å². The van der Waals surface area contributed by atoms with Crippen LogP contribution in [0, 0.1) is 17.8 Å². The lowest BCUT2D eigenvalue weighted by Crippen LogP contribution is -2.31. The first-order valence-electron chi connectivity index (χ1n) is 14.5. The molecule has 0 aliphatic heterocycles. The van der Waals surface area contributed by atoms with E-state index in [0.717, 1.165) is 36.4 Å². The molecule has 3 heterocycles. The Morgan fingerprint density at radius 1 is 1.07 bits per heavy atom. The standard InChI is InChI=1S/C29H38N8O3/c1-17-11-13-19(14-12-17)15-37-23-24(30-18(2)20-9-6-10-20)32-26(27-35-29(39)40-36-27)33-25(23)34-28(37)31-22(16-38)21-7-4-3-5-8-21/h3-5,7-8,17-20,22,38H,6,9-16H2,1-2H3,(H,35,36,39)(H2,30,31,32,33,34)/t17-,18-,19-,22?/m1/s1. The molecule has 2 aliphatic rings. The minimum absolute atomic E-state index is 0.0882. The first kappa shape index (κ1) is 26.5. The maximum absolute atomic E-state index is 11.7. The van der Waals surface area contributed by atoms with Crippen molar-refractivity contribution in [2.24, 2.45) is 17.8 Å². The number of aromatic amines is 1. The zero-order valence-corrected chi connectivity index (χ0v) is 23.1. The Balaban J connectivity index is 1.46. The van der Waals surface area contributed by atoms with Crippen molar-refractivity contribution in [2.45, 2.75) is 77.4 Å². The highest BCUT2D eigenvalue weighted by atomic mass is 16.5. The smallest absolute Gasteiger partial charge is 0.394 e. The van der Waals surface area contributed by atoms with Crippen LogP contribution in [0.3, 0.4) is 0 Å². The van der Waals surface area contributed by atoms with Crippen molar-refractivity contribution in [1.82, 2.24) is 29.7 Å². The fraction of sp³-hybridized carbons (Fsp3) is 0.552. The number of H-pyrrole nitrogens is 1. The first-order valence-corrected chi connectivity index (χ1v) is 14.5. The molecular formula is C29H38N8O3. The molecule has 1 aromatic carbocycles. The maximum Gasteiger partial charge on any atom is 0.439 e. The lowest BCUT2D eigenvalue weighted by atomic mass is 9.80. The van der Waals surface area contributed by atoms with Crippen LogP contribution in [0.5, 0.6) is 0 Å². The van der Waals surface area contributed by atoms with Gasteiger partial charge in [-0.05, 0) is 55.9 Å². The molecule has 11 nitrogen and oxygen atoms in total. The van der Waals surface area contributed by atoms with E-state index < -0.39 is 5.76 Å². The van der Waals surface area contributed by atoms with Gasteiger partial charge in [0.05, 0.1) is 12.6 Å². The molecule has 212 valence electrons. The third-order valence-electron chi connectivity index (χ3n) is 8.74. The predicted octanol–water partition coefficient (Wildman–Crippen LogP) is 4.74. The molecule has 40 heavy (non-hydrogen) atoms. The van der Waals surface area contributed by atoms with Crippen molar-refractivity contribution in [3.8, 4) is 11.6 Å². The van der Waals surface area contributed by atoms with Crippen LogP contribution < -0.4 is 16.4 Å². The van der Waals surface area contributed by atoms with Gasteiger partial charge < -0.3 is 20.3 Å². The lowest BCUT2D eigenvalue weighted by molar-refractivity contribution is 0.264. The SMILES string of the molecule is C[C@@H](Nc1nc(-c2noc(=O)[nH]2)nc2nc(NC(CO)c3ccccc3)n(C[C@H]3CC[C@H](C)CC3)c12)C1CCC1. The normalized spacial score (nSPS) is 21.2. The molecule has 0 radical (unpaired) electrons. The highest BCUT2D eigenvalue weighted by molar-refractivity contribution is 5.87. The summed E-state index contributed by atoms with van der Waals surface area (Å²) >= 11 is 0. The molecule has 0 spiro atoms. The van der Waals surface area contributed by atoms with Crippen LogP contribution in [-0.2, 0) is 6.54 Å². The monoisotopic (exact) mass is 546 g/mol. The molecule has 2 saturated carbocycles. The van der Waals surface area contributed by atoms with Crippen LogP contribution in [0.15, 0.2) is 39.6 Å². The van der Waals surface area contributed by atoms with Gasteiger partial charge in [0.1, 0.15) is 5.52 Å². The van der Waals surface area contributed by atoms with Crippen LogP contribution >= 0.6 is 0 Å². The predicted molar refractivity (Wildman–Crippen MR) is 153 cm³/mol. The third kappa shape index (κ3) is 5.47. The topological polar surface area (TPSA) is 147 Å². The second-order valence-corrected chi connectivity index (χ2v) is 11.6. The van der Waals surface area contributed by atoms with E-state index in [9.17, 15) is 9.90 Å². The van der Waals surface area contributed by atoms with Crippen LogP contribution in [0.25, 0.3) is 22.8 Å². The van der Waals surface area contributed by atoms with E-state index in [2.05, 4.69) is 39.2 Å². The van der Waals surface area contributed by atoms with E-state index in [1.807, 2.05) is 30.3 Å². The quantitative estimate of drug-likeness (QED) is 0.221. The number of nitrogens with one attached hydrogen (secondary N) is 3. The van der Waals surface area contributed by atoms with Crippen molar-refractivity contribution in [1.29, 1.82) is 0 Å². The minimum atomic E-state index is -0.663. The van der Waals surface area contributed by atoms with Gasteiger partial charge in [-0.3, -0.25) is 9.51 Å². The number of aromatic nitrogens is 6. The van der Waals surface area contributed by atoms with E-state index in [1.54, 1.807) is 0 Å². The average molecular weight is 547 g/mol. The Labute approximate surface area is 232 Å². The van der Waals surface area contributed by atoms with Crippen LogP contribution in [0.1, 0.15) is 70.4 Å². The average Bonchev–Trinajstić information content (AvgIpc) is 3.51. The molecule has 11 heteroatoms. The van der Waals surface area contributed by atoms with Crippen molar-refractivity contribution in [2.75, 3.05) is 17.2 Å². The fourth-order valence-electron chi connectivity index (χ4n) is 5.98. The number of anilines is 2. The van der Waals surface area contributed by atoms with Gasteiger partial charge in [0.15, 0.2) is 11.5 Å². The van der Waals surface area contributed by atoms with Gasteiger partial charge in [-0.2, -0.15) is 4.98 Å².